The second kappa shape index (κ2) is 6.15. The maximum Gasteiger partial charge on any atom is 0.162 e. The number of hydrogen-bond donors (Lipinski definition) is 2. The van der Waals surface area contributed by atoms with E-state index in [0.717, 1.165) is 12.1 Å². The van der Waals surface area contributed by atoms with Gasteiger partial charge in [-0.3, -0.25) is 0 Å². The number of ether oxygens (including phenoxy) is 2. The molecule has 0 fully saturated rings. The molecule has 3 rings (SSSR count). The van der Waals surface area contributed by atoms with Gasteiger partial charge in [0, 0.05) is 17.1 Å². The molecule has 8 heteroatoms. The first kappa shape index (κ1) is 15.7. The van der Waals surface area contributed by atoms with Gasteiger partial charge in [-0.25, -0.2) is 18.7 Å². The van der Waals surface area contributed by atoms with Crippen molar-refractivity contribution in [2.24, 2.45) is 0 Å². The van der Waals surface area contributed by atoms with Crippen LogP contribution >= 0.6 is 0 Å². The Bertz CT molecular complexity index is 895. The largest absolute Gasteiger partial charge is 0.493 e. The highest BCUT2D eigenvalue weighted by molar-refractivity contribution is 5.93. The lowest BCUT2D eigenvalue weighted by Gasteiger charge is -2.13. The standard InChI is InChI=1S/C16H14F2N4O2/c1-23-13-5-9-12(6-14(13)24-2)20-7-21-16(9)22-15-10(17)3-8(19)4-11(15)18/h3-7H,19H2,1-2H3,(H,20,21,22). The average Bonchev–Trinajstić information content (AvgIpc) is 2.56. The molecule has 6 nitrogen and oxygen atoms in total. The minimum absolute atomic E-state index is 0.00509. The van der Waals surface area contributed by atoms with E-state index in [4.69, 9.17) is 15.2 Å². The average molecular weight is 332 g/mol. The van der Waals surface area contributed by atoms with Gasteiger partial charge in [0.1, 0.15) is 17.8 Å². The molecule has 0 radical (unpaired) electrons. The summed E-state index contributed by atoms with van der Waals surface area (Å²) >= 11 is 0. The van der Waals surface area contributed by atoms with E-state index in [1.807, 2.05) is 0 Å². The van der Waals surface area contributed by atoms with Crippen LogP contribution in [0.1, 0.15) is 0 Å². The van der Waals surface area contributed by atoms with Gasteiger partial charge in [0.25, 0.3) is 0 Å². The quantitative estimate of drug-likeness (QED) is 0.714. The lowest BCUT2D eigenvalue weighted by molar-refractivity contribution is 0.356. The number of hydrogen-bond acceptors (Lipinski definition) is 6. The Hall–Kier alpha value is -3.16. The lowest BCUT2D eigenvalue weighted by Crippen LogP contribution is -2.02. The summed E-state index contributed by atoms with van der Waals surface area (Å²) in [6.45, 7) is 0. The Labute approximate surface area is 136 Å². The first-order valence-corrected chi connectivity index (χ1v) is 6.91. The van der Waals surface area contributed by atoms with Gasteiger partial charge >= 0.3 is 0 Å². The number of nitrogens with zero attached hydrogens (tertiary/aromatic N) is 2. The second-order valence-electron chi connectivity index (χ2n) is 4.93. The zero-order chi connectivity index (χ0) is 17.3. The minimum Gasteiger partial charge on any atom is -0.493 e. The van der Waals surface area contributed by atoms with Gasteiger partial charge in [0.15, 0.2) is 23.1 Å². The van der Waals surface area contributed by atoms with Crippen molar-refractivity contribution >= 4 is 28.1 Å². The number of benzene rings is 2. The van der Waals surface area contributed by atoms with E-state index in [9.17, 15) is 8.78 Å². The van der Waals surface area contributed by atoms with Gasteiger partial charge < -0.3 is 20.5 Å². The van der Waals surface area contributed by atoms with Gasteiger partial charge in [-0.05, 0) is 18.2 Å². The fourth-order valence-corrected chi connectivity index (χ4v) is 2.31. The molecule has 0 atom stereocenters. The number of rotatable bonds is 4. The Morgan fingerprint density at radius 2 is 1.58 bits per heavy atom. The summed E-state index contributed by atoms with van der Waals surface area (Å²) < 4.78 is 38.4. The molecule has 0 bridgehead atoms. The van der Waals surface area contributed by atoms with Crippen molar-refractivity contribution in [2.45, 2.75) is 0 Å². The Kier molecular flexibility index (Phi) is 4.03. The minimum atomic E-state index is -0.820. The second-order valence-corrected chi connectivity index (χ2v) is 4.93. The van der Waals surface area contributed by atoms with E-state index < -0.39 is 11.6 Å². The number of nitrogens with one attached hydrogen (secondary N) is 1. The summed E-state index contributed by atoms with van der Waals surface area (Å²) in [6, 6.07) is 5.33. The third kappa shape index (κ3) is 2.73. The van der Waals surface area contributed by atoms with E-state index >= 15 is 0 Å². The maximum atomic E-state index is 14.0. The van der Waals surface area contributed by atoms with Crippen LogP contribution in [0.15, 0.2) is 30.6 Å². The van der Waals surface area contributed by atoms with Crippen LogP contribution in [-0.4, -0.2) is 24.2 Å². The Balaban J connectivity index is 2.14. The number of nitrogens with two attached hydrogens (primary N) is 1. The van der Waals surface area contributed by atoms with Crippen LogP contribution < -0.4 is 20.5 Å². The molecule has 3 aromatic rings. The molecule has 0 amide bonds. The molecular formula is C16H14F2N4O2. The molecule has 0 aliphatic rings. The van der Waals surface area contributed by atoms with Crippen molar-refractivity contribution in [3.8, 4) is 11.5 Å². The fraction of sp³-hybridized carbons (Fsp3) is 0.125. The topological polar surface area (TPSA) is 82.3 Å². The van der Waals surface area contributed by atoms with E-state index in [0.29, 0.717) is 22.4 Å². The third-order valence-corrected chi connectivity index (χ3v) is 3.45. The number of aromatic nitrogens is 2. The van der Waals surface area contributed by atoms with Gasteiger partial charge in [-0.2, -0.15) is 0 Å². The fourth-order valence-electron chi connectivity index (χ4n) is 2.31. The van der Waals surface area contributed by atoms with Gasteiger partial charge in [-0.1, -0.05) is 0 Å². The summed E-state index contributed by atoms with van der Waals surface area (Å²) in [5.41, 5.74) is 5.59. The van der Waals surface area contributed by atoms with Crippen molar-refractivity contribution in [2.75, 3.05) is 25.3 Å². The van der Waals surface area contributed by atoms with Gasteiger partial charge in [-0.15, -0.1) is 0 Å². The van der Waals surface area contributed by atoms with Crippen molar-refractivity contribution in [1.29, 1.82) is 0 Å². The van der Waals surface area contributed by atoms with E-state index in [1.54, 1.807) is 12.1 Å². The van der Waals surface area contributed by atoms with Crippen LogP contribution in [0.4, 0.5) is 26.0 Å². The van der Waals surface area contributed by atoms with Gasteiger partial charge in [0.2, 0.25) is 0 Å². The van der Waals surface area contributed by atoms with Crippen LogP contribution in [0.25, 0.3) is 10.9 Å². The van der Waals surface area contributed by atoms with E-state index in [1.165, 1.54) is 20.5 Å². The van der Waals surface area contributed by atoms with Crippen LogP contribution in [0, 0.1) is 11.6 Å². The molecule has 1 aromatic heterocycles. The zero-order valence-electron chi connectivity index (χ0n) is 12.9. The summed E-state index contributed by atoms with van der Waals surface area (Å²) in [4.78, 5) is 8.19. The molecule has 0 unspecified atom stereocenters. The molecule has 124 valence electrons. The summed E-state index contributed by atoms with van der Waals surface area (Å²) in [5.74, 6) is -0.483. The number of methoxy groups -OCH3 is 2. The molecule has 0 aliphatic carbocycles. The number of anilines is 3. The van der Waals surface area contributed by atoms with Crippen LogP contribution in [0.2, 0.25) is 0 Å². The third-order valence-electron chi connectivity index (χ3n) is 3.45. The SMILES string of the molecule is COc1cc2ncnc(Nc3c(F)cc(N)cc3F)c2cc1OC. The molecule has 24 heavy (non-hydrogen) atoms. The van der Waals surface area contributed by atoms with Crippen molar-refractivity contribution < 1.29 is 18.3 Å². The van der Waals surface area contributed by atoms with Crippen LogP contribution in [-0.2, 0) is 0 Å². The first-order valence-electron chi connectivity index (χ1n) is 6.91. The molecule has 0 aliphatic heterocycles. The molecule has 2 aromatic carbocycles. The molecule has 0 saturated carbocycles. The van der Waals surface area contributed by atoms with Crippen molar-refractivity contribution in [3.63, 3.8) is 0 Å². The molecule has 3 N–H and O–H groups in total. The number of fused-ring (bicyclic) bond motifs is 1. The van der Waals surface area contributed by atoms with Crippen LogP contribution in [0.5, 0.6) is 11.5 Å². The smallest absolute Gasteiger partial charge is 0.162 e. The molecular weight excluding hydrogens is 318 g/mol. The monoisotopic (exact) mass is 332 g/mol. The highest BCUT2D eigenvalue weighted by Crippen LogP contribution is 2.35. The Morgan fingerprint density at radius 1 is 0.958 bits per heavy atom. The predicted octanol–water partition coefficient (Wildman–Crippen LogP) is 3.25. The highest BCUT2D eigenvalue weighted by Gasteiger charge is 2.15. The lowest BCUT2D eigenvalue weighted by atomic mass is 10.2. The molecule has 1 heterocycles. The number of halogens is 2. The summed E-state index contributed by atoms with van der Waals surface area (Å²) in [5, 5.41) is 3.17. The highest BCUT2D eigenvalue weighted by atomic mass is 19.1. The van der Waals surface area contributed by atoms with Crippen molar-refractivity contribution in [1.82, 2.24) is 9.97 Å². The van der Waals surface area contributed by atoms with Crippen LogP contribution in [0.3, 0.4) is 0 Å². The zero-order valence-corrected chi connectivity index (χ0v) is 12.9. The summed E-state index contributed by atoms with van der Waals surface area (Å²) in [6.07, 6.45) is 1.28. The predicted molar refractivity (Wildman–Crippen MR) is 86.7 cm³/mol. The molecule has 0 saturated heterocycles. The Morgan fingerprint density at radius 3 is 2.21 bits per heavy atom. The van der Waals surface area contributed by atoms with E-state index in [-0.39, 0.29) is 17.2 Å². The van der Waals surface area contributed by atoms with Gasteiger partial charge in [0.05, 0.1) is 19.7 Å². The maximum absolute atomic E-state index is 14.0. The molecule has 0 spiro atoms. The normalized spacial score (nSPS) is 10.7. The first-order chi connectivity index (χ1) is 11.5. The van der Waals surface area contributed by atoms with E-state index in [2.05, 4.69) is 15.3 Å². The van der Waals surface area contributed by atoms with Crippen molar-refractivity contribution in [3.05, 3.63) is 42.2 Å². The summed E-state index contributed by atoms with van der Waals surface area (Å²) in [7, 11) is 2.99. The number of nitrogen functional groups attached to an aromatic ring is 1.